The number of carbonyl (C=O) groups excluding carboxylic acids is 1. The maximum Gasteiger partial charge on any atom is 0.257 e. The fraction of sp³-hybridized carbons (Fsp3) is 0.176. The molecular weight excluding hydrogens is 324 g/mol. The number of para-hydroxylation sites is 1. The van der Waals surface area contributed by atoms with Gasteiger partial charge >= 0.3 is 0 Å². The largest absolute Gasteiger partial charge is 0.494 e. The zero-order valence-corrected chi connectivity index (χ0v) is 14.2. The number of benzene rings is 2. The van der Waals surface area contributed by atoms with Crippen LogP contribution in [0.25, 0.3) is 0 Å². The molecule has 0 atom stereocenters. The van der Waals surface area contributed by atoms with Crippen molar-refractivity contribution in [2.75, 3.05) is 23.8 Å². The number of hydrazine groups is 1. The van der Waals surface area contributed by atoms with Gasteiger partial charge in [0.25, 0.3) is 5.91 Å². The van der Waals surface area contributed by atoms with Crippen molar-refractivity contribution in [1.82, 2.24) is 10.9 Å². The molecule has 0 aliphatic rings. The SMILES string of the molecule is CCOc1ccc(NC(=S)NNC(=O)CNc2ccccc2)cc1. The number of nitrogens with one attached hydrogen (secondary N) is 4. The van der Waals surface area contributed by atoms with Crippen molar-refractivity contribution in [3.05, 3.63) is 54.6 Å². The Hall–Kier alpha value is -2.80. The van der Waals surface area contributed by atoms with Crippen LogP contribution >= 0.6 is 12.2 Å². The summed E-state index contributed by atoms with van der Waals surface area (Å²) in [7, 11) is 0. The first-order valence-corrected chi connectivity index (χ1v) is 7.96. The van der Waals surface area contributed by atoms with Gasteiger partial charge in [0, 0.05) is 11.4 Å². The van der Waals surface area contributed by atoms with Crippen LogP contribution in [0.4, 0.5) is 11.4 Å². The third-order valence-electron chi connectivity index (χ3n) is 2.97. The van der Waals surface area contributed by atoms with Gasteiger partial charge in [-0.3, -0.25) is 15.6 Å². The summed E-state index contributed by atoms with van der Waals surface area (Å²) in [6, 6.07) is 16.9. The molecule has 0 aromatic heterocycles. The molecule has 2 aromatic rings. The van der Waals surface area contributed by atoms with Gasteiger partial charge in [0.05, 0.1) is 13.2 Å². The fourth-order valence-electron chi connectivity index (χ4n) is 1.87. The van der Waals surface area contributed by atoms with Gasteiger partial charge in [0.15, 0.2) is 5.11 Å². The van der Waals surface area contributed by atoms with Crippen molar-refractivity contribution in [2.24, 2.45) is 0 Å². The number of amides is 1. The van der Waals surface area contributed by atoms with Crippen molar-refractivity contribution in [1.29, 1.82) is 0 Å². The van der Waals surface area contributed by atoms with Gasteiger partial charge in [-0.15, -0.1) is 0 Å². The molecule has 0 heterocycles. The molecule has 6 nitrogen and oxygen atoms in total. The summed E-state index contributed by atoms with van der Waals surface area (Å²) in [6.45, 7) is 2.69. The molecule has 0 bridgehead atoms. The summed E-state index contributed by atoms with van der Waals surface area (Å²) in [5.74, 6) is 0.567. The second-order valence-corrected chi connectivity index (χ2v) is 5.21. The molecule has 0 saturated heterocycles. The Morgan fingerprint density at radius 2 is 1.71 bits per heavy atom. The Kier molecular flexibility index (Phi) is 6.85. The molecule has 24 heavy (non-hydrogen) atoms. The van der Waals surface area contributed by atoms with Gasteiger partial charge in [-0.25, -0.2) is 0 Å². The number of hydrogen-bond donors (Lipinski definition) is 4. The Morgan fingerprint density at radius 1 is 1.00 bits per heavy atom. The van der Waals surface area contributed by atoms with Gasteiger partial charge in [-0.1, -0.05) is 18.2 Å². The van der Waals surface area contributed by atoms with Crippen molar-refractivity contribution in [3.8, 4) is 5.75 Å². The van der Waals surface area contributed by atoms with E-state index in [1.54, 1.807) is 0 Å². The molecule has 0 aliphatic heterocycles. The molecule has 0 spiro atoms. The van der Waals surface area contributed by atoms with Crippen molar-refractivity contribution >= 4 is 34.6 Å². The first-order valence-electron chi connectivity index (χ1n) is 7.55. The van der Waals surface area contributed by atoms with Crippen LogP contribution in [-0.4, -0.2) is 24.2 Å². The van der Waals surface area contributed by atoms with Crippen molar-refractivity contribution in [2.45, 2.75) is 6.92 Å². The van der Waals surface area contributed by atoms with Gasteiger partial charge in [-0.05, 0) is 55.5 Å². The second-order valence-electron chi connectivity index (χ2n) is 4.80. The highest BCUT2D eigenvalue weighted by molar-refractivity contribution is 7.80. The third kappa shape index (κ3) is 6.13. The molecule has 2 aromatic carbocycles. The first-order chi connectivity index (χ1) is 11.7. The standard InChI is InChI=1S/C17H20N4O2S/c1-2-23-15-10-8-14(9-11-15)19-17(24)21-20-16(22)12-18-13-6-4-3-5-7-13/h3-11,18H,2,12H2,1H3,(H,20,22)(H2,19,21,24). The number of carbonyl (C=O) groups is 1. The maximum absolute atomic E-state index is 11.7. The molecule has 0 radical (unpaired) electrons. The Morgan fingerprint density at radius 3 is 2.38 bits per heavy atom. The van der Waals surface area contributed by atoms with Crippen LogP contribution in [0, 0.1) is 0 Å². The molecule has 0 saturated carbocycles. The lowest BCUT2D eigenvalue weighted by atomic mass is 10.3. The lowest BCUT2D eigenvalue weighted by molar-refractivity contribution is -0.119. The van der Waals surface area contributed by atoms with Crippen LogP contribution in [0.3, 0.4) is 0 Å². The minimum absolute atomic E-state index is 0.142. The van der Waals surface area contributed by atoms with Crippen LogP contribution in [0.15, 0.2) is 54.6 Å². The van der Waals surface area contributed by atoms with E-state index in [0.717, 1.165) is 17.1 Å². The van der Waals surface area contributed by atoms with E-state index in [0.29, 0.717) is 11.7 Å². The molecule has 1 amide bonds. The Labute approximate surface area is 146 Å². The number of rotatable bonds is 6. The third-order valence-corrected chi connectivity index (χ3v) is 3.17. The number of thiocarbonyl (C=S) groups is 1. The second kappa shape index (κ2) is 9.36. The Bertz CT molecular complexity index is 662. The van der Waals surface area contributed by atoms with E-state index in [2.05, 4.69) is 21.5 Å². The minimum atomic E-state index is -0.227. The summed E-state index contributed by atoms with van der Waals surface area (Å²) in [5, 5.41) is 6.27. The smallest absolute Gasteiger partial charge is 0.257 e. The average molecular weight is 344 g/mol. The predicted octanol–water partition coefficient (Wildman–Crippen LogP) is 2.52. The highest BCUT2D eigenvalue weighted by atomic mass is 32.1. The van der Waals surface area contributed by atoms with Crippen LogP contribution in [0.1, 0.15) is 6.92 Å². The van der Waals surface area contributed by atoms with E-state index < -0.39 is 0 Å². The predicted molar refractivity (Wildman–Crippen MR) is 100 cm³/mol. The number of ether oxygens (including phenoxy) is 1. The normalized spacial score (nSPS) is 9.71. The first kappa shape index (κ1) is 17.6. The molecule has 0 aliphatic carbocycles. The summed E-state index contributed by atoms with van der Waals surface area (Å²) in [4.78, 5) is 11.7. The van der Waals surface area contributed by atoms with Gasteiger partial charge in [-0.2, -0.15) is 0 Å². The number of anilines is 2. The topological polar surface area (TPSA) is 74.4 Å². The molecule has 7 heteroatoms. The lowest BCUT2D eigenvalue weighted by Crippen LogP contribution is -2.45. The van der Waals surface area contributed by atoms with Gasteiger partial charge < -0.3 is 15.4 Å². The van der Waals surface area contributed by atoms with Gasteiger partial charge in [0.1, 0.15) is 5.75 Å². The van der Waals surface area contributed by atoms with E-state index in [1.165, 1.54) is 0 Å². The lowest BCUT2D eigenvalue weighted by Gasteiger charge is -2.12. The zero-order chi connectivity index (χ0) is 17.2. The molecular formula is C17H20N4O2S. The van der Waals surface area contributed by atoms with Crippen LogP contribution < -0.4 is 26.2 Å². The van der Waals surface area contributed by atoms with E-state index in [4.69, 9.17) is 17.0 Å². The van der Waals surface area contributed by atoms with Crippen LogP contribution in [0.2, 0.25) is 0 Å². The highest BCUT2D eigenvalue weighted by Gasteiger charge is 2.02. The zero-order valence-electron chi connectivity index (χ0n) is 13.3. The van der Waals surface area contributed by atoms with E-state index in [9.17, 15) is 4.79 Å². The molecule has 0 fully saturated rings. The summed E-state index contributed by atoms with van der Waals surface area (Å²) in [5.41, 5.74) is 6.86. The van der Waals surface area contributed by atoms with Crippen LogP contribution in [0.5, 0.6) is 5.75 Å². The fourth-order valence-corrected chi connectivity index (χ4v) is 2.04. The summed E-state index contributed by atoms with van der Waals surface area (Å²) in [6.07, 6.45) is 0. The molecule has 2 rings (SSSR count). The minimum Gasteiger partial charge on any atom is -0.494 e. The van der Waals surface area contributed by atoms with E-state index >= 15 is 0 Å². The van der Waals surface area contributed by atoms with E-state index in [1.807, 2.05) is 61.5 Å². The Balaban J connectivity index is 1.69. The van der Waals surface area contributed by atoms with Crippen molar-refractivity contribution in [3.63, 3.8) is 0 Å². The summed E-state index contributed by atoms with van der Waals surface area (Å²) < 4.78 is 5.37. The highest BCUT2D eigenvalue weighted by Crippen LogP contribution is 2.15. The maximum atomic E-state index is 11.7. The quantitative estimate of drug-likeness (QED) is 0.477. The monoisotopic (exact) mass is 344 g/mol. The average Bonchev–Trinajstić information content (AvgIpc) is 2.61. The van der Waals surface area contributed by atoms with E-state index in [-0.39, 0.29) is 12.5 Å². The summed E-state index contributed by atoms with van der Waals surface area (Å²) >= 11 is 5.13. The molecule has 126 valence electrons. The van der Waals surface area contributed by atoms with Crippen LogP contribution in [-0.2, 0) is 4.79 Å². The number of hydrogen-bond acceptors (Lipinski definition) is 4. The molecule has 4 N–H and O–H groups in total. The molecule has 0 unspecified atom stereocenters. The van der Waals surface area contributed by atoms with Crippen molar-refractivity contribution < 1.29 is 9.53 Å². The van der Waals surface area contributed by atoms with Gasteiger partial charge in [0.2, 0.25) is 0 Å².